The fourth-order valence-corrected chi connectivity index (χ4v) is 1.57. The molecular weight excluding hydrogens is 160 g/mol. The summed E-state index contributed by atoms with van der Waals surface area (Å²) in [5.74, 6) is 1.63. The summed E-state index contributed by atoms with van der Waals surface area (Å²) in [5.41, 5.74) is 0. The first-order chi connectivity index (χ1) is 6.20. The minimum Gasteiger partial charge on any atom is -0.381 e. The van der Waals surface area contributed by atoms with E-state index < -0.39 is 0 Å². The van der Waals surface area contributed by atoms with Gasteiger partial charge in [-0.25, -0.2) is 0 Å². The van der Waals surface area contributed by atoms with Crippen LogP contribution in [0.15, 0.2) is 0 Å². The molecule has 0 bridgehead atoms. The van der Waals surface area contributed by atoms with Crippen molar-refractivity contribution >= 4 is 0 Å². The van der Waals surface area contributed by atoms with Gasteiger partial charge in [-0.05, 0) is 31.6 Å². The highest BCUT2D eigenvalue weighted by atomic mass is 16.5. The van der Waals surface area contributed by atoms with E-state index in [-0.39, 0.29) is 0 Å². The highest BCUT2D eigenvalue weighted by Gasteiger charge is 2.08. The molecule has 0 radical (unpaired) electrons. The van der Waals surface area contributed by atoms with Crippen LogP contribution in [0, 0.1) is 11.8 Å². The second-order valence-corrected chi connectivity index (χ2v) is 4.29. The van der Waals surface area contributed by atoms with Gasteiger partial charge in [-0.2, -0.15) is 0 Å². The molecule has 1 atom stereocenters. The van der Waals surface area contributed by atoms with Crippen LogP contribution >= 0.6 is 0 Å². The molecule has 0 aliphatic heterocycles. The lowest BCUT2D eigenvalue weighted by molar-refractivity contribution is 0.101. The molecule has 1 nitrogen and oxygen atoms in total. The molecule has 0 saturated heterocycles. The third-order valence-electron chi connectivity index (χ3n) is 2.41. The van der Waals surface area contributed by atoms with Crippen LogP contribution in [0.3, 0.4) is 0 Å². The molecule has 0 aliphatic rings. The van der Waals surface area contributed by atoms with Crippen molar-refractivity contribution in [1.29, 1.82) is 0 Å². The number of ether oxygens (including phenoxy) is 1. The maximum absolute atomic E-state index is 5.48. The Kier molecular flexibility index (Phi) is 8.53. The molecule has 0 heterocycles. The molecule has 0 saturated carbocycles. The van der Waals surface area contributed by atoms with E-state index in [1.807, 2.05) is 0 Å². The first-order valence-electron chi connectivity index (χ1n) is 5.78. The van der Waals surface area contributed by atoms with Crippen molar-refractivity contribution in [3.63, 3.8) is 0 Å². The smallest absolute Gasteiger partial charge is 0.0494 e. The molecule has 13 heavy (non-hydrogen) atoms. The molecule has 0 aromatic rings. The van der Waals surface area contributed by atoms with Crippen LogP contribution in [0.1, 0.15) is 53.4 Å². The summed E-state index contributed by atoms with van der Waals surface area (Å²) in [6.07, 6.45) is 5.30. The largest absolute Gasteiger partial charge is 0.381 e. The van der Waals surface area contributed by atoms with Gasteiger partial charge in [0, 0.05) is 13.2 Å². The summed E-state index contributed by atoms with van der Waals surface area (Å²) in [4.78, 5) is 0. The van der Waals surface area contributed by atoms with Crippen molar-refractivity contribution in [1.82, 2.24) is 0 Å². The molecular formula is C12H26O. The van der Waals surface area contributed by atoms with E-state index in [4.69, 9.17) is 4.74 Å². The highest BCUT2D eigenvalue weighted by molar-refractivity contribution is 4.59. The Balaban J connectivity index is 3.53. The molecule has 1 heteroatoms. The summed E-state index contributed by atoms with van der Waals surface area (Å²) >= 11 is 0. The molecule has 0 spiro atoms. The van der Waals surface area contributed by atoms with Gasteiger partial charge in [0.05, 0.1) is 0 Å². The van der Waals surface area contributed by atoms with Crippen LogP contribution in [-0.4, -0.2) is 13.2 Å². The summed E-state index contributed by atoms with van der Waals surface area (Å²) in [6.45, 7) is 10.8. The Morgan fingerprint density at radius 3 is 2.15 bits per heavy atom. The van der Waals surface area contributed by atoms with Crippen molar-refractivity contribution < 1.29 is 4.74 Å². The van der Waals surface area contributed by atoms with Gasteiger partial charge < -0.3 is 4.74 Å². The average molecular weight is 186 g/mol. The van der Waals surface area contributed by atoms with Gasteiger partial charge in [-0.3, -0.25) is 0 Å². The lowest BCUT2D eigenvalue weighted by Gasteiger charge is -2.16. The molecule has 0 N–H and O–H groups in total. The average Bonchev–Trinajstić information content (AvgIpc) is 2.09. The van der Waals surface area contributed by atoms with E-state index >= 15 is 0 Å². The lowest BCUT2D eigenvalue weighted by atomic mass is 9.95. The quantitative estimate of drug-likeness (QED) is 0.559. The molecule has 0 aromatic heterocycles. The second-order valence-electron chi connectivity index (χ2n) is 4.29. The summed E-state index contributed by atoms with van der Waals surface area (Å²) in [6, 6.07) is 0. The van der Waals surface area contributed by atoms with Crippen LogP contribution in [0.4, 0.5) is 0 Å². The van der Waals surface area contributed by atoms with Crippen molar-refractivity contribution in [2.45, 2.75) is 53.4 Å². The number of rotatable bonds is 8. The monoisotopic (exact) mass is 186 g/mol. The molecule has 0 aromatic carbocycles. The molecule has 0 rings (SSSR count). The molecule has 1 unspecified atom stereocenters. The van der Waals surface area contributed by atoms with Crippen LogP contribution in [0.2, 0.25) is 0 Å². The first-order valence-corrected chi connectivity index (χ1v) is 5.78. The van der Waals surface area contributed by atoms with Gasteiger partial charge in [-0.15, -0.1) is 0 Å². The Labute approximate surface area is 83.9 Å². The summed E-state index contributed by atoms with van der Waals surface area (Å²) in [5, 5.41) is 0. The summed E-state index contributed by atoms with van der Waals surface area (Å²) in [7, 11) is 0. The Hall–Kier alpha value is -0.0400. The zero-order chi connectivity index (χ0) is 10.1. The van der Waals surface area contributed by atoms with Crippen LogP contribution in [0.5, 0.6) is 0 Å². The zero-order valence-corrected chi connectivity index (χ0v) is 9.81. The van der Waals surface area contributed by atoms with Gasteiger partial charge in [0.2, 0.25) is 0 Å². The first kappa shape index (κ1) is 13.0. The third-order valence-corrected chi connectivity index (χ3v) is 2.41. The van der Waals surface area contributed by atoms with Gasteiger partial charge in [0.15, 0.2) is 0 Å². The van der Waals surface area contributed by atoms with Crippen LogP contribution < -0.4 is 0 Å². The normalized spacial score (nSPS) is 13.6. The van der Waals surface area contributed by atoms with E-state index in [9.17, 15) is 0 Å². The zero-order valence-electron chi connectivity index (χ0n) is 9.81. The van der Waals surface area contributed by atoms with Crippen LogP contribution in [0.25, 0.3) is 0 Å². The van der Waals surface area contributed by atoms with Crippen molar-refractivity contribution in [3.8, 4) is 0 Å². The third kappa shape index (κ3) is 8.29. The van der Waals surface area contributed by atoms with Gasteiger partial charge in [0.25, 0.3) is 0 Å². The van der Waals surface area contributed by atoms with Crippen molar-refractivity contribution in [2.24, 2.45) is 11.8 Å². The predicted octanol–water partition coefficient (Wildman–Crippen LogP) is 3.88. The van der Waals surface area contributed by atoms with Gasteiger partial charge in [-0.1, -0.05) is 33.6 Å². The van der Waals surface area contributed by atoms with Crippen molar-refractivity contribution in [3.05, 3.63) is 0 Å². The minimum atomic E-state index is 0.798. The fourth-order valence-electron chi connectivity index (χ4n) is 1.57. The topological polar surface area (TPSA) is 9.23 Å². The SMILES string of the molecule is CCCC(CCC(C)C)COCC. The fraction of sp³-hybridized carbons (Fsp3) is 1.00. The number of hydrogen-bond acceptors (Lipinski definition) is 1. The second kappa shape index (κ2) is 8.55. The summed E-state index contributed by atoms with van der Waals surface area (Å²) < 4.78 is 5.48. The molecule has 80 valence electrons. The molecule has 0 amide bonds. The van der Waals surface area contributed by atoms with E-state index in [0.29, 0.717) is 0 Å². The number of hydrogen-bond donors (Lipinski definition) is 0. The van der Waals surface area contributed by atoms with E-state index in [2.05, 4.69) is 27.7 Å². The van der Waals surface area contributed by atoms with Crippen molar-refractivity contribution in [2.75, 3.05) is 13.2 Å². The standard InChI is InChI=1S/C12H26O/c1-5-7-12(10-13-6-2)9-8-11(3)4/h11-12H,5-10H2,1-4H3. The Bertz CT molecular complexity index is 99.3. The van der Waals surface area contributed by atoms with Gasteiger partial charge in [0.1, 0.15) is 0 Å². The predicted molar refractivity (Wildman–Crippen MR) is 59.0 cm³/mol. The van der Waals surface area contributed by atoms with E-state index in [1.165, 1.54) is 25.7 Å². The Morgan fingerprint density at radius 1 is 1.00 bits per heavy atom. The molecule has 0 aliphatic carbocycles. The van der Waals surface area contributed by atoms with Gasteiger partial charge >= 0.3 is 0 Å². The van der Waals surface area contributed by atoms with E-state index in [0.717, 1.165) is 25.0 Å². The lowest BCUT2D eigenvalue weighted by Crippen LogP contribution is -2.10. The Morgan fingerprint density at radius 2 is 1.69 bits per heavy atom. The molecule has 0 fully saturated rings. The maximum atomic E-state index is 5.48. The maximum Gasteiger partial charge on any atom is 0.0494 e. The van der Waals surface area contributed by atoms with E-state index in [1.54, 1.807) is 0 Å². The van der Waals surface area contributed by atoms with Crippen LogP contribution in [-0.2, 0) is 4.74 Å². The minimum absolute atomic E-state index is 0.798. The highest BCUT2D eigenvalue weighted by Crippen LogP contribution is 2.17.